The summed E-state index contributed by atoms with van der Waals surface area (Å²) in [7, 11) is -7.64. The van der Waals surface area contributed by atoms with Crippen molar-refractivity contribution in [2.45, 2.75) is 16.2 Å². The Morgan fingerprint density at radius 2 is 1.20 bits per heavy atom. The molecule has 0 heterocycles. The smallest absolute Gasteiger partial charge is 0.266 e. The minimum Gasteiger partial charge on any atom is -0.266 e. The topological polar surface area (TPSA) is 89.5 Å². The summed E-state index contributed by atoms with van der Waals surface area (Å²) in [5, 5.41) is 0. The van der Waals surface area contributed by atoms with Gasteiger partial charge in [-0.1, -0.05) is 66.7 Å². The Kier molecular flexibility index (Phi) is 7.38. The van der Waals surface area contributed by atoms with Crippen molar-refractivity contribution in [3.05, 3.63) is 96.6 Å². The van der Waals surface area contributed by atoms with Crippen LogP contribution in [0.4, 0.5) is 0 Å². The van der Waals surface area contributed by atoms with Gasteiger partial charge in [-0.15, -0.1) is 0 Å². The van der Waals surface area contributed by atoms with Crippen molar-refractivity contribution >= 4 is 20.1 Å². The molecule has 158 valence electrons. The zero-order valence-electron chi connectivity index (χ0n) is 16.2. The van der Waals surface area contributed by atoms with Crippen LogP contribution in [0.2, 0.25) is 0 Å². The van der Waals surface area contributed by atoms with Gasteiger partial charge in [0.1, 0.15) is 0 Å². The van der Waals surface area contributed by atoms with Crippen LogP contribution >= 0.6 is 0 Å². The van der Waals surface area contributed by atoms with Gasteiger partial charge in [0.25, 0.3) is 10.1 Å². The van der Waals surface area contributed by atoms with Gasteiger partial charge >= 0.3 is 0 Å². The third-order valence-electron chi connectivity index (χ3n) is 4.47. The van der Waals surface area contributed by atoms with Crippen molar-refractivity contribution in [3.63, 3.8) is 0 Å². The van der Waals surface area contributed by atoms with Crippen molar-refractivity contribution < 1.29 is 21.0 Å². The Balaban J connectivity index is 1.72. The third-order valence-corrected chi connectivity index (χ3v) is 7.21. The first-order chi connectivity index (χ1) is 14.4. The number of nitrogens with one attached hydrogen (secondary N) is 1. The Labute approximate surface area is 177 Å². The lowest BCUT2D eigenvalue weighted by atomic mass is 10.0. The molecule has 0 fully saturated rings. The average Bonchev–Trinajstić information content (AvgIpc) is 2.77. The van der Waals surface area contributed by atoms with Crippen LogP contribution in [0.25, 0.3) is 0 Å². The lowest BCUT2D eigenvalue weighted by Gasteiger charge is -2.18. The highest BCUT2D eigenvalue weighted by atomic mass is 32.2. The van der Waals surface area contributed by atoms with Crippen molar-refractivity contribution in [2.24, 2.45) is 5.92 Å². The number of benzene rings is 3. The highest BCUT2D eigenvalue weighted by molar-refractivity contribution is 7.89. The number of sulfonamides is 1. The van der Waals surface area contributed by atoms with Crippen molar-refractivity contribution in [1.29, 1.82) is 0 Å². The SMILES string of the molecule is O=S(=O)(NC[C@H](COS(=O)(=O)c1ccccc1)Cc1ccccc1)c1ccccc1. The van der Waals surface area contributed by atoms with Crippen LogP contribution in [-0.2, 0) is 30.7 Å². The van der Waals surface area contributed by atoms with Gasteiger partial charge in [-0.05, 0) is 36.2 Å². The molecule has 0 unspecified atom stereocenters. The molecular weight excluding hydrogens is 422 g/mol. The van der Waals surface area contributed by atoms with Crippen LogP contribution in [0.5, 0.6) is 0 Å². The van der Waals surface area contributed by atoms with Crippen LogP contribution in [0, 0.1) is 5.92 Å². The van der Waals surface area contributed by atoms with Gasteiger partial charge in [0, 0.05) is 12.5 Å². The molecule has 1 atom stereocenters. The van der Waals surface area contributed by atoms with Gasteiger partial charge in [0.15, 0.2) is 0 Å². The van der Waals surface area contributed by atoms with E-state index in [4.69, 9.17) is 4.18 Å². The number of hydrogen-bond acceptors (Lipinski definition) is 5. The molecule has 0 saturated heterocycles. The molecule has 0 saturated carbocycles. The van der Waals surface area contributed by atoms with E-state index in [9.17, 15) is 16.8 Å². The Hall–Kier alpha value is -2.52. The van der Waals surface area contributed by atoms with Gasteiger partial charge in [-0.2, -0.15) is 8.42 Å². The summed E-state index contributed by atoms with van der Waals surface area (Å²) in [5.41, 5.74) is 0.960. The molecule has 0 aromatic heterocycles. The fraction of sp³-hybridized carbons (Fsp3) is 0.182. The molecule has 8 heteroatoms. The monoisotopic (exact) mass is 445 g/mol. The zero-order chi connectivity index (χ0) is 21.5. The molecule has 0 radical (unpaired) electrons. The lowest BCUT2D eigenvalue weighted by molar-refractivity contribution is 0.253. The summed E-state index contributed by atoms with van der Waals surface area (Å²) in [6.07, 6.45) is 0.461. The first-order valence-corrected chi connectivity index (χ1v) is 12.3. The maximum Gasteiger partial charge on any atom is 0.296 e. The molecule has 0 aliphatic heterocycles. The highest BCUT2D eigenvalue weighted by Crippen LogP contribution is 2.16. The quantitative estimate of drug-likeness (QED) is 0.484. The fourth-order valence-corrected chi connectivity index (χ4v) is 5.02. The maximum absolute atomic E-state index is 12.5. The minimum atomic E-state index is -3.93. The summed E-state index contributed by atoms with van der Waals surface area (Å²) < 4.78 is 57.8. The van der Waals surface area contributed by atoms with Gasteiger partial charge in [0.05, 0.1) is 16.4 Å². The van der Waals surface area contributed by atoms with E-state index in [1.165, 1.54) is 24.3 Å². The van der Waals surface area contributed by atoms with E-state index >= 15 is 0 Å². The Bertz CT molecular complexity index is 1060. The van der Waals surface area contributed by atoms with Crippen LogP contribution in [0.3, 0.4) is 0 Å². The summed E-state index contributed by atoms with van der Waals surface area (Å²) in [4.78, 5) is 0.217. The van der Waals surface area contributed by atoms with E-state index in [2.05, 4.69) is 4.72 Å². The van der Waals surface area contributed by atoms with Crippen molar-refractivity contribution in [1.82, 2.24) is 4.72 Å². The van der Waals surface area contributed by atoms with Crippen LogP contribution in [0.15, 0.2) is 101 Å². The van der Waals surface area contributed by atoms with Crippen molar-refractivity contribution in [2.75, 3.05) is 13.2 Å². The predicted octanol–water partition coefficient (Wildman–Crippen LogP) is 3.23. The number of hydrogen-bond donors (Lipinski definition) is 1. The zero-order valence-corrected chi connectivity index (χ0v) is 17.8. The van der Waals surface area contributed by atoms with Gasteiger partial charge in [0.2, 0.25) is 10.0 Å². The van der Waals surface area contributed by atoms with Crippen molar-refractivity contribution in [3.8, 4) is 0 Å². The largest absolute Gasteiger partial charge is 0.296 e. The van der Waals surface area contributed by atoms with Gasteiger partial charge < -0.3 is 0 Å². The molecule has 3 aromatic carbocycles. The fourth-order valence-electron chi connectivity index (χ4n) is 2.89. The first kappa shape index (κ1) is 22.2. The molecule has 3 aromatic rings. The highest BCUT2D eigenvalue weighted by Gasteiger charge is 2.21. The molecule has 1 N–H and O–H groups in total. The van der Waals surface area contributed by atoms with E-state index in [1.807, 2.05) is 30.3 Å². The van der Waals surface area contributed by atoms with Crippen LogP contribution < -0.4 is 4.72 Å². The van der Waals surface area contributed by atoms with E-state index in [1.54, 1.807) is 36.4 Å². The Morgan fingerprint density at radius 1 is 0.700 bits per heavy atom. The second kappa shape index (κ2) is 9.99. The summed E-state index contributed by atoms with van der Waals surface area (Å²) in [6.45, 7) is -0.111. The maximum atomic E-state index is 12.5. The molecule has 30 heavy (non-hydrogen) atoms. The average molecular weight is 446 g/mol. The molecule has 3 rings (SSSR count). The molecule has 0 bridgehead atoms. The van der Waals surface area contributed by atoms with E-state index in [0.717, 1.165) is 5.56 Å². The summed E-state index contributed by atoms with van der Waals surface area (Å²) >= 11 is 0. The van der Waals surface area contributed by atoms with E-state index in [0.29, 0.717) is 6.42 Å². The van der Waals surface area contributed by atoms with E-state index < -0.39 is 20.1 Å². The molecular formula is C22H23NO5S2. The molecule has 0 aliphatic rings. The first-order valence-electron chi connectivity index (χ1n) is 9.40. The van der Waals surface area contributed by atoms with Crippen LogP contribution in [-0.4, -0.2) is 30.0 Å². The third kappa shape index (κ3) is 6.24. The molecule has 6 nitrogen and oxygen atoms in total. The number of rotatable bonds is 10. The second-order valence-corrected chi connectivity index (χ2v) is 10.2. The second-order valence-electron chi connectivity index (χ2n) is 6.77. The standard InChI is InChI=1S/C22H23NO5S2/c24-29(25,21-12-6-2-7-13-21)23-17-20(16-19-10-4-1-5-11-19)18-28-30(26,27)22-14-8-3-9-15-22/h1-15,20,23H,16-18H2/t20-/m1/s1. The molecule has 0 spiro atoms. The molecule has 0 amide bonds. The minimum absolute atomic E-state index is 0.0381. The van der Waals surface area contributed by atoms with Crippen LogP contribution in [0.1, 0.15) is 5.56 Å². The van der Waals surface area contributed by atoms with E-state index in [-0.39, 0.29) is 28.9 Å². The molecule has 0 aliphatic carbocycles. The normalized spacial score (nSPS) is 13.1. The predicted molar refractivity (Wildman–Crippen MR) is 115 cm³/mol. The summed E-state index contributed by atoms with van der Waals surface area (Å²) in [6, 6.07) is 25.4. The van der Waals surface area contributed by atoms with Gasteiger partial charge in [-0.3, -0.25) is 4.18 Å². The summed E-state index contributed by atoms with van der Waals surface area (Å²) in [5.74, 6) is -0.385. The van der Waals surface area contributed by atoms with Gasteiger partial charge in [-0.25, -0.2) is 13.1 Å². The lowest BCUT2D eigenvalue weighted by Crippen LogP contribution is -2.33. The Morgan fingerprint density at radius 3 is 1.77 bits per heavy atom.